The highest BCUT2D eigenvalue weighted by Crippen LogP contribution is 2.35. The van der Waals surface area contributed by atoms with Crippen LogP contribution in [-0.2, 0) is 4.74 Å². The Balaban J connectivity index is 1.79. The SMILES string of the molecule is COc1nc(N2CCOC3(CCCCC3)C2)ncc1Br. The molecule has 0 aromatic carbocycles. The van der Waals surface area contributed by atoms with E-state index < -0.39 is 0 Å². The van der Waals surface area contributed by atoms with E-state index in [1.165, 1.54) is 19.3 Å². The Morgan fingerprint density at radius 1 is 1.35 bits per heavy atom. The van der Waals surface area contributed by atoms with Crippen LogP contribution in [0.25, 0.3) is 0 Å². The van der Waals surface area contributed by atoms with E-state index in [0.29, 0.717) is 5.88 Å². The Morgan fingerprint density at radius 3 is 2.90 bits per heavy atom. The number of ether oxygens (including phenoxy) is 2. The zero-order chi connectivity index (χ0) is 14.0. The van der Waals surface area contributed by atoms with Gasteiger partial charge in [0.1, 0.15) is 0 Å². The maximum Gasteiger partial charge on any atom is 0.232 e. The number of rotatable bonds is 2. The summed E-state index contributed by atoms with van der Waals surface area (Å²) in [6.07, 6.45) is 7.91. The molecule has 0 amide bonds. The maximum absolute atomic E-state index is 6.10. The van der Waals surface area contributed by atoms with Crippen molar-refractivity contribution in [2.75, 3.05) is 31.7 Å². The fourth-order valence-electron chi connectivity index (χ4n) is 3.15. The third-order valence-electron chi connectivity index (χ3n) is 4.19. The van der Waals surface area contributed by atoms with Crippen LogP contribution in [0.1, 0.15) is 32.1 Å². The highest BCUT2D eigenvalue weighted by atomic mass is 79.9. The number of hydrogen-bond donors (Lipinski definition) is 0. The molecule has 0 N–H and O–H groups in total. The van der Waals surface area contributed by atoms with Crippen LogP contribution in [-0.4, -0.2) is 42.4 Å². The van der Waals surface area contributed by atoms with Crippen molar-refractivity contribution in [1.29, 1.82) is 0 Å². The molecule has 0 radical (unpaired) electrons. The molecule has 1 aliphatic carbocycles. The minimum Gasteiger partial charge on any atom is -0.480 e. The fourth-order valence-corrected chi connectivity index (χ4v) is 3.51. The van der Waals surface area contributed by atoms with Crippen molar-refractivity contribution in [2.24, 2.45) is 0 Å². The van der Waals surface area contributed by atoms with E-state index in [4.69, 9.17) is 9.47 Å². The van der Waals surface area contributed by atoms with Crippen LogP contribution in [0, 0.1) is 0 Å². The summed E-state index contributed by atoms with van der Waals surface area (Å²) in [5.74, 6) is 1.32. The van der Waals surface area contributed by atoms with E-state index in [1.807, 2.05) is 0 Å². The first-order valence-electron chi connectivity index (χ1n) is 7.18. The van der Waals surface area contributed by atoms with Gasteiger partial charge >= 0.3 is 0 Å². The Hall–Kier alpha value is -0.880. The zero-order valence-corrected chi connectivity index (χ0v) is 13.4. The highest BCUT2D eigenvalue weighted by molar-refractivity contribution is 9.10. The number of halogens is 1. The van der Waals surface area contributed by atoms with Gasteiger partial charge in [-0.3, -0.25) is 0 Å². The number of aromatic nitrogens is 2. The van der Waals surface area contributed by atoms with Gasteiger partial charge in [-0.25, -0.2) is 4.98 Å². The van der Waals surface area contributed by atoms with Gasteiger partial charge in [-0.05, 0) is 28.8 Å². The molecule has 1 saturated heterocycles. The molecule has 0 unspecified atom stereocenters. The lowest BCUT2D eigenvalue weighted by Crippen LogP contribution is -2.53. The van der Waals surface area contributed by atoms with E-state index in [-0.39, 0.29) is 5.60 Å². The number of methoxy groups -OCH3 is 1. The minimum absolute atomic E-state index is 0.0141. The Morgan fingerprint density at radius 2 is 2.15 bits per heavy atom. The number of hydrogen-bond acceptors (Lipinski definition) is 5. The van der Waals surface area contributed by atoms with Gasteiger partial charge in [-0.15, -0.1) is 0 Å². The molecular weight excluding hydrogens is 322 g/mol. The van der Waals surface area contributed by atoms with Crippen molar-refractivity contribution in [2.45, 2.75) is 37.7 Å². The molecule has 1 spiro atoms. The molecule has 5 nitrogen and oxygen atoms in total. The molecule has 20 heavy (non-hydrogen) atoms. The smallest absolute Gasteiger partial charge is 0.232 e. The predicted octanol–water partition coefficient (Wildman–Crippen LogP) is 2.79. The van der Waals surface area contributed by atoms with Gasteiger partial charge in [0.15, 0.2) is 0 Å². The summed E-state index contributed by atoms with van der Waals surface area (Å²) in [5.41, 5.74) is 0.0141. The summed E-state index contributed by atoms with van der Waals surface area (Å²) in [5, 5.41) is 0. The summed E-state index contributed by atoms with van der Waals surface area (Å²) in [6, 6.07) is 0. The number of nitrogens with zero attached hydrogens (tertiary/aromatic N) is 3. The summed E-state index contributed by atoms with van der Waals surface area (Å²) >= 11 is 3.39. The molecule has 1 aromatic rings. The molecule has 1 aromatic heterocycles. The molecule has 1 aliphatic heterocycles. The predicted molar refractivity (Wildman–Crippen MR) is 80.3 cm³/mol. The topological polar surface area (TPSA) is 47.5 Å². The van der Waals surface area contributed by atoms with Crippen molar-refractivity contribution in [3.63, 3.8) is 0 Å². The summed E-state index contributed by atoms with van der Waals surface area (Å²) in [6.45, 7) is 2.48. The van der Waals surface area contributed by atoms with Gasteiger partial charge in [0.25, 0.3) is 0 Å². The van der Waals surface area contributed by atoms with Gasteiger partial charge in [-0.1, -0.05) is 19.3 Å². The van der Waals surface area contributed by atoms with Gasteiger partial charge in [0.05, 0.1) is 30.0 Å². The second kappa shape index (κ2) is 5.85. The van der Waals surface area contributed by atoms with Gasteiger partial charge in [0.2, 0.25) is 11.8 Å². The molecule has 110 valence electrons. The molecule has 6 heteroatoms. The van der Waals surface area contributed by atoms with E-state index in [1.54, 1.807) is 13.3 Å². The van der Waals surface area contributed by atoms with Crippen LogP contribution in [0.4, 0.5) is 5.95 Å². The Bertz CT molecular complexity index is 472. The summed E-state index contributed by atoms with van der Waals surface area (Å²) in [7, 11) is 1.62. The fraction of sp³-hybridized carbons (Fsp3) is 0.714. The lowest BCUT2D eigenvalue weighted by molar-refractivity contribution is -0.0785. The van der Waals surface area contributed by atoms with E-state index in [9.17, 15) is 0 Å². The van der Waals surface area contributed by atoms with Crippen molar-refractivity contribution < 1.29 is 9.47 Å². The average Bonchev–Trinajstić information content (AvgIpc) is 2.48. The number of morpholine rings is 1. The Kier molecular flexibility index (Phi) is 4.12. The van der Waals surface area contributed by atoms with Gasteiger partial charge in [-0.2, -0.15) is 4.98 Å². The lowest BCUT2D eigenvalue weighted by Gasteiger charge is -2.45. The van der Waals surface area contributed by atoms with Crippen molar-refractivity contribution in [3.8, 4) is 5.88 Å². The molecule has 2 aliphatic rings. The van der Waals surface area contributed by atoms with Crippen LogP contribution in [0.2, 0.25) is 0 Å². The molecule has 3 rings (SSSR count). The summed E-state index contributed by atoms with van der Waals surface area (Å²) < 4.78 is 12.1. The maximum atomic E-state index is 6.10. The zero-order valence-electron chi connectivity index (χ0n) is 11.8. The van der Waals surface area contributed by atoms with Crippen LogP contribution in [0.15, 0.2) is 10.7 Å². The molecular formula is C14H20BrN3O2. The Labute approximate surface area is 127 Å². The quantitative estimate of drug-likeness (QED) is 0.827. The highest BCUT2D eigenvalue weighted by Gasteiger charge is 2.38. The standard InChI is InChI=1S/C14H20BrN3O2/c1-19-12-11(15)9-16-13(17-12)18-7-8-20-14(10-18)5-3-2-4-6-14/h9H,2-8,10H2,1H3. The monoisotopic (exact) mass is 341 g/mol. The van der Waals surface area contributed by atoms with Crippen molar-refractivity contribution in [3.05, 3.63) is 10.7 Å². The molecule has 0 bridgehead atoms. The molecule has 1 saturated carbocycles. The molecule has 0 atom stereocenters. The molecule has 2 fully saturated rings. The first-order chi connectivity index (χ1) is 9.72. The second-order valence-corrected chi connectivity index (χ2v) is 6.40. The van der Waals surface area contributed by atoms with Crippen LogP contribution < -0.4 is 9.64 Å². The minimum atomic E-state index is 0.0141. The van der Waals surface area contributed by atoms with E-state index in [2.05, 4.69) is 30.8 Å². The van der Waals surface area contributed by atoms with Crippen molar-refractivity contribution >= 4 is 21.9 Å². The summed E-state index contributed by atoms with van der Waals surface area (Å²) in [4.78, 5) is 11.1. The first kappa shape index (κ1) is 14.1. The first-order valence-corrected chi connectivity index (χ1v) is 7.97. The average molecular weight is 342 g/mol. The van der Waals surface area contributed by atoms with Gasteiger partial charge < -0.3 is 14.4 Å². The largest absolute Gasteiger partial charge is 0.480 e. The normalized spacial score (nSPS) is 22.0. The van der Waals surface area contributed by atoms with Crippen molar-refractivity contribution in [1.82, 2.24) is 9.97 Å². The molecule has 2 heterocycles. The third-order valence-corrected chi connectivity index (χ3v) is 4.73. The lowest BCUT2D eigenvalue weighted by atomic mass is 9.83. The van der Waals surface area contributed by atoms with Crippen LogP contribution in [0.3, 0.4) is 0 Å². The third kappa shape index (κ3) is 2.76. The van der Waals surface area contributed by atoms with Crippen LogP contribution in [0.5, 0.6) is 5.88 Å². The number of anilines is 1. The second-order valence-electron chi connectivity index (χ2n) is 5.54. The van der Waals surface area contributed by atoms with E-state index >= 15 is 0 Å². The van der Waals surface area contributed by atoms with Crippen LogP contribution >= 0.6 is 15.9 Å². The van der Waals surface area contributed by atoms with Gasteiger partial charge in [0, 0.05) is 13.1 Å². The van der Waals surface area contributed by atoms with E-state index in [0.717, 1.165) is 43.0 Å².